The van der Waals surface area contributed by atoms with Crippen molar-refractivity contribution >= 4 is 0 Å². The van der Waals surface area contributed by atoms with Gasteiger partial charge in [-0.05, 0) is 20.8 Å². The zero-order valence-electron chi connectivity index (χ0n) is 6.38. The number of hydrogen-bond acceptors (Lipinski definition) is 3. The highest BCUT2D eigenvalue weighted by Crippen LogP contribution is 2.20. The monoisotopic (exact) mass is 141 g/mol. The number of aromatic nitrogens is 1. The normalized spacial score (nSPS) is 12.0. The highest BCUT2D eigenvalue weighted by molar-refractivity contribution is 5.12. The van der Waals surface area contributed by atoms with E-state index in [-0.39, 0.29) is 0 Å². The Bertz CT molecular complexity index is 222. The second-order valence-electron chi connectivity index (χ2n) is 2.82. The molecule has 0 aliphatic heterocycles. The Balaban J connectivity index is 3.05. The molecule has 0 bridgehead atoms. The first-order chi connectivity index (χ1) is 4.52. The number of oxazole rings is 1. The van der Waals surface area contributed by atoms with Crippen molar-refractivity contribution in [1.29, 1.82) is 0 Å². The van der Waals surface area contributed by atoms with E-state index in [0.29, 0.717) is 11.5 Å². The lowest BCUT2D eigenvalue weighted by molar-refractivity contribution is 0.0728. The van der Waals surface area contributed by atoms with Gasteiger partial charge in [0.1, 0.15) is 17.1 Å². The van der Waals surface area contributed by atoms with Gasteiger partial charge in [-0.3, -0.25) is 0 Å². The molecule has 1 rings (SSSR count). The molecule has 0 aromatic carbocycles. The lowest BCUT2D eigenvalue weighted by Crippen LogP contribution is -2.17. The maximum atomic E-state index is 9.44. The van der Waals surface area contributed by atoms with Gasteiger partial charge in [-0.2, -0.15) is 0 Å². The number of hydrogen-bond donors (Lipinski definition) is 1. The molecule has 0 aliphatic carbocycles. The van der Waals surface area contributed by atoms with Crippen LogP contribution in [0.1, 0.15) is 25.3 Å². The lowest BCUT2D eigenvalue weighted by Gasteiger charge is -2.13. The number of aryl methyl sites for hydroxylation is 1. The van der Waals surface area contributed by atoms with Crippen molar-refractivity contribution in [1.82, 2.24) is 4.98 Å². The first-order valence-electron chi connectivity index (χ1n) is 3.15. The lowest BCUT2D eigenvalue weighted by atomic mass is 10.1. The standard InChI is InChI=1S/C7H11NO2/c1-5-6(7(2,3)9)8-4-10-5/h4,9H,1-3H3. The van der Waals surface area contributed by atoms with Crippen LogP contribution in [-0.2, 0) is 5.60 Å². The Labute approximate surface area is 59.7 Å². The Morgan fingerprint density at radius 1 is 1.60 bits per heavy atom. The fourth-order valence-corrected chi connectivity index (χ4v) is 0.894. The fraction of sp³-hybridized carbons (Fsp3) is 0.571. The van der Waals surface area contributed by atoms with Crippen LogP contribution in [0.2, 0.25) is 0 Å². The van der Waals surface area contributed by atoms with E-state index in [1.54, 1.807) is 20.8 Å². The summed E-state index contributed by atoms with van der Waals surface area (Å²) in [5, 5.41) is 9.44. The predicted molar refractivity (Wildman–Crippen MR) is 36.5 cm³/mol. The van der Waals surface area contributed by atoms with Gasteiger partial charge in [0.25, 0.3) is 0 Å². The Morgan fingerprint density at radius 3 is 2.40 bits per heavy atom. The van der Waals surface area contributed by atoms with Crippen LogP contribution < -0.4 is 0 Å². The first kappa shape index (κ1) is 7.28. The summed E-state index contributed by atoms with van der Waals surface area (Å²) in [7, 11) is 0. The SMILES string of the molecule is Cc1ocnc1C(C)(C)O. The summed E-state index contributed by atoms with van der Waals surface area (Å²) in [5.74, 6) is 0.674. The van der Waals surface area contributed by atoms with Gasteiger partial charge in [0.2, 0.25) is 0 Å². The second-order valence-corrected chi connectivity index (χ2v) is 2.82. The molecule has 56 valence electrons. The quantitative estimate of drug-likeness (QED) is 0.639. The van der Waals surface area contributed by atoms with Gasteiger partial charge in [-0.15, -0.1) is 0 Å². The van der Waals surface area contributed by atoms with Gasteiger partial charge >= 0.3 is 0 Å². The van der Waals surface area contributed by atoms with E-state index in [1.807, 2.05) is 0 Å². The Kier molecular flexibility index (Phi) is 1.52. The van der Waals surface area contributed by atoms with E-state index in [9.17, 15) is 5.11 Å². The molecule has 1 N–H and O–H groups in total. The van der Waals surface area contributed by atoms with Crippen molar-refractivity contribution in [2.75, 3.05) is 0 Å². The smallest absolute Gasteiger partial charge is 0.181 e. The van der Waals surface area contributed by atoms with Crippen molar-refractivity contribution in [3.05, 3.63) is 17.8 Å². The summed E-state index contributed by atoms with van der Waals surface area (Å²) >= 11 is 0. The molecular formula is C7H11NO2. The molecular weight excluding hydrogens is 130 g/mol. The molecule has 10 heavy (non-hydrogen) atoms. The zero-order chi connectivity index (χ0) is 7.78. The highest BCUT2D eigenvalue weighted by Gasteiger charge is 2.21. The molecule has 0 amide bonds. The summed E-state index contributed by atoms with van der Waals surface area (Å²) < 4.78 is 4.92. The minimum absolute atomic E-state index is 0.604. The number of nitrogens with zero attached hydrogens (tertiary/aromatic N) is 1. The maximum Gasteiger partial charge on any atom is 0.181 e. The third-order valence-electron chi connectivity index (χ3n) is 1.32. The molecule has 0 radical (unpaired) electrons. The highest BCUT2D eigenvalue weighted by atomic mass is 16.3. The summed E-state index contributed by atoms with van der Waals surface area (Å²) in [6.07, 6.45) is 1.34. The molecule has 3 nitrogen and oxygen atoms in total. The van der Waals surface area contributed by atoms with Crippen molar-refractivity contribution in [2.24, 2.45) is 0 Å². The van der Waals surface area contributed by atoms with Crippen molar-refractivity contribution in [2.45, 2.75) is 26.4 Å². The van der Waals surface area contributed by atoms with E-state index in [2.05, 4.69) is 4.98 Å². The fourth-order valence-electron chi connectivity index (χ4n) is 0.894. The van der Waals surface area contributed by atoms with E-state index < -0.39 is 5.60 Å². The largest absolute Gasteiger partial charge is 0.448 e. The van der Waals surface area contributed by atoms with Crippen LogP contribution in [0.15, 0.2) is 10.8 Å². The van der Waals surface area contributed by atoms with Gasteiger partial charge in [0, 0.05) is 0 Å². The Hall–Kier alpha value is -0.830. The van der Waals surface area contributed by atoms with Crippen LogP contribution in [0.3, 0.4) is 0 Å². The first-order valence-corrected chi connectivity index (χ1v) is 3.15. The van der Waals surface area contributed by atoms with Gasteiger partial charge in [-0.1, -0.05) is 0 Å². The third kappa shape index (κ3) is 1.19. The summed E-state index contributed by atoms with van der Waals surface area (Å²) in [6.45, 7) is 5.13. The second kappa shape index (κ2) is 2.09. The minimum atomic E-state index is -0.892. The molecule has 0 saturated heterocycles. The minimum Gasteiger partial charge on any atom is -0.448 e. The van der Waals surface area contributed by atoms with Crippen LogP contribution in [0, 0.1) is 6.92 Å². The molecule has 1 heterocycles. The molecule has 1 aromatic rings. The summed E-state index contributed by atoms with van der Waals surface area (Å²) in [4.78, 5) is 3.87. The van der Waals surface area contributed by atoms with E-state index >= 15 is 0 Å². The van der Waals surface area contributed by atoms with Crippen molar-refractivity contribution in [3.8, 4) is 0 Å². The molecule has 0 aliphatic rings. The van der Waals surface area contributed by atoms with Gasteiger partial charge in [0.15, 0.2) is 6.39 Å². The average Bonchev–Trinajstić information content (AvgIpc) is 2.11. The zero-order valence-corrected chi connectivity index (χ0v) is 6.38. The average molecular weight is 141 g/mol. The van der Waals surface area contributed by atoms with Crippen LogP contribution >= 0.6 is 0 Å². The maximum absolute atomic E-state index is 9.44. The van der Waals surface area contributed by atoms with Crippen molar-refractivity contribution in [3.63, 3.8) is 0 Å². The topological polar surface area (TPSA) is 46.3 Å². The number of aliphatic hydroxyl groups is 1. The van der Waals surface area contributed by atoms with Crippen LogP contribution in [0.4, 0.5) is 0 Å². The molecule has 0 unspecified atom stereocenters. The van der Waals surface area contributed by atoms with Gasteiger partial charge < -0.3 is 9.52 Å². The Morgan fingerprint density at radius 2 is 2.20 bits per heavy atom. The van der Waals surface area contributed by atoms with E-state index in [1.165, 1.54) is 6.39 Å². The summed E-state index contributed by atoms with van der Waals surface area (Å²) in [6, 6.07) is 0. The molecule has 0 fully saturated rings. The van der Waals surface area contributed by atoms with Crippen LogP contribution in [0.5, 0.6) is 0 Å². The number of rotatable bonds is 1. The van der Waals surface area contributed by atoms with Crippen LogP contribution in [-0.4, -0.2) is 10.1 Å². The van der Waals surface area contributed by atoms with Gasteiger partial charge in [-0.25, -0.2) is 4.98 Å². The summed E-state index contributed by atoms with van der Waals surface area (Å²) in [5.41, 5.74) is -0.288. The molecule has 3 heteroatoms. The molecule has 0 atom stereocenters. The predicted octanol–water partition coefficient (Wildman–Crippen LogP) is 1.21. The van der Waals surface area contributed by atoms with Crippen molar-refractivity contribution < 1.29 is 9.52 Å². The molecule has 0 spiro atoms. The van der Waals surface area contributed by atoms with E-state index in [4.69, 9.17) is 4.42 Å². The van der Waals surface area contributed by atoms with Gasteiger partial charge in [0.05, 0.1) is 0 Å². The molecule has 1 aromatic heterocycles. The molecule has 0 saturated carbocycles. The third-order valence-corrected chi connectivity index (χ3v) is 1.32. The van der Waals surface area contributed by atoms with Crippen LogP contribution in [0.25, 0.3) is 0 Å². The van der Waals surface area contributed by atoms with E-state index in [0.717, 1.165) is 0 Å².